The van der Waals surface area contributed by atoms with Crippen molar-refractivity contribution in [2.75, 3.05) is 10.2 Å². The minimum Gasteiger partial charge on any atom is -0.360 e. The van der Waals surface area contributed by atoms with Gasteiger partial charge in [-0.15, -0.1) is 0 Å². The fraction of sp³-hybridized carbons (Fsp3) is 0.0952. The van der Waals surface area contributed by atoms with Gasteiger partial charge in [0.2, 0.25) is 0 Å². The smallest absolute Gasteiger partial charge is 0.262 e. The summed E-state index contributed by atoms with van der Waals surface area (Å²) in [6.07, 6.45) is -0.353. The maximum absolute atomic E-state index is 13.3. The van der Waals surface area contributed by atoms with Crippen LogP contribution in [0.5, 0.6) is 0 Å². The van der Waals surface area contributed by atoms with E-state index in [1.165, 1.54) is 12.1 Å². The number of amides is 1. The second-order valence-electron chi connectivity index (χ2n) is 6.15. The highest BCUT2D eigenvalue weighted by Crippen LogP contribution is 2.36. The summed E-state index contributed by atoms with van der Waals surface area (Å²) in [6, 6.07) is 21.5. The molecule has 1 atom stereocenters. The van der Waals surface area contributed by atoms with Crippen molar-refractivity contribution in [1.82, 2.24) is 0 Å². The van der Waals surface area contributed by atoms with Crippen LogP contribution in [0.3, 0.4) is 0 Å². The Bertz CT molecular complexity index is 919. The van der Waals surface area contributed by atoms with Crippen molar-refractivity contribution in [3.63, 3.8) is 0 Å². The number of anilines is 2. The van der Waals surface area contributed by atoms with E-state index in [1.807, 2.05) is 49.4 Å². The highest BCUT2D eigenvalue weighted by atomic mass is 19.1. The second kappa shape index (κ2) is 6.06. The van der Waals surface area contributed by atoms with Gasteiger partial charge in [-0.05, 0) is 48.9 Å². The molecule has 0 radical (unpaired) electrons. The number of para-hydroxylation sites is 1. The van der Waals surface area contributed by atoms with Gasteiger partial charge >= 0.3 is 0 Å². The minimum absolute atomic E-state index is 0.105. The van der Waals surface area contributed by atoms with Crippen LogP contribution in [0.2, 0.25) is 0 Å². The van der Waals surface area contributed by atoms with Crippen molar-refractivity contribution < 1.29 is 9.18 Å². The molecule has 0 aromatic heterocycles. The Morgan fingerprint density at radius 1 is 0.920 bits per heavy atom. The first-order valence-corrected chi connectivity index (χ1v) is 8.15. The molecule has 3 aromatic rings. The molecular formula is C21H17FN2O. The van der Waals surface area contributed by atoms with Crippen molar-refractivity contribution in [1.29, 1.82) is 0 Å². The molecule has 0 fully saturated rings. The summed E-state index contributed by atoms with van der Waals surface area (Å²) in [5.41, 5.74) is 4.18. The Labute approximate surface area is 145 Å². The Balaban J connectivity index is 1.85. The summed E-state index contributed by atoms with van der Waals surface area (Å²) in [4.78, 5) is 14.8. The van der Waals surface area contributed by atoms with Gasteiger partial charge in [0.25, 0.3) is 5.91 Å². The third kappa shape index (κ3) is 2.76. The molecule has 0 aliphatic carbocycles. The van der Waals surface area contributed by atoms with Crippen molar-refractivity contribution in [3.8, 4) is 0 Å². The maximum Gasteiger partial charge on any atom is 0.262 e. The average molecular weight is 332 g/mol. The molecule has 0 spiro atoms. The number of halogens is 1. The number of nitrogens with zero attached hydrogens (tertiary/aromatic N) is 1. The molecule has 3 nitrogen and oxygen atoms in total. The highest BCUT2D eigenvalue weighted by molar-refractivity contribution is 6.12. The van der Waals surface area contributed by atoms with E-state index in [-0.39, 0.29) is 17.9 Å². The van der Waals surface area contributed by atoms with E-state index >= 15 is 0 Å². The van der Waals surface area contributed by atoms with Crippen LogP contribution in [-0.4, -0.2) is 5.91 Å². The van der Waals surface area contributed by atoms with Gasteiger partial charge in [-0.3, -0.25) is 9.69 Å². The number of benzene rings is 3. The number of rotatable bonds is 2. The molecule has 1 heterocycles. The molecule has 1 aliphatic heterocycles. The number of carbonyl (C=O) groups is 1. The standard InChI is InChI=1S/C21H17FN2O/c1-14-6-8-15(9-7-14)20-23-19-5-3-2-4-18(19)21(25)24(20)17-12-10-16(22)11-13-17/h2-13,20,23H,1H3/t20-/m1/s1. The lowest BCUT2D eigenvalue weighted by molar-refractivity contribution is 0.0975. The first-order valence-electron chi connectivity index (χ1n) is 8.15. The molecular weight excluding hydrogens is 315 g/mol. The molecule has 0 unspecified atom stereocenters. The van der Waals surface area contributed by atoms with Gasteiger partial charge < -0.3 is 5.32 Å². The van der Waals surface area contributed by atoms with Gasteiger partial charge in [-0.1, -0.05) is 42.0 Å². The van der Waals surface area contributed by atoms with E-state index in [0.717, 1.165) is 16.8 Å². The first kappa shape index (κ1) is 15.4. The van der Waals surface area contributed by atoms with Crippen molar-refractivity contribution in [2.24, 2.45) is 0 Å². The van der Waals surface area contributed by atoms with Gasteiger partial charge in [0.05, 0.1) is 5.56 Å². The zero-order valence-corrected chi connectivity index (χ0v) is 13.7. The molecule has 0 saturated carbocycles. The van der Waals surface area contributed by atoms with Crippen LogP contribution in [0.1, 0.15) is 27.7 Å². The van der Waals surface area contributed by atoms with E-state index in [0.29, 0.717) is 11.3 Å². The Morgan fingerprint density at radius 2 is 1.60 bits per heavy atom. The lowest BCUT2D eigenvalue weighted by atomic mass is 10.0. The van der Waals surface area contributed by atoms with Gasteiger partial charge in [0.15, 0.2) is 0 Å². The number of carbonyl (C=O) groups excluding carboxylic acids is 1. The molecule has 1 aliphatic rings. The predicted octanol–water partition coefficient (Wildman–Crippen LogP) is 4.91. The maximum atomic E-state index is 13.3. The monoisotopic (exact) mass is 332 g/mol. The molecule has 1 N–H and O–H groups in total. The third-order valence-corrected chi connectivity index (χ3v) is 4.42. The molecule has 0 bridgehead atoms. The van der Waals surface area contributed by atoms with Crippen LogP contribution in [0.4, 0.5) is 15.8 Å². The average Bonchev–Trinajstić information content (AvgIpc) is 2.63. The summed E-state index contributed by atoms with van der Waals surface area (Å²) in [7, 11) is 0. The van der Waals surface area contributed by atoms with Crippen LogP contribution >= 0.6 is 0 Å². The second-order valence-corrected chi connectivity index (χ2v) is 6.15. The van der Waals surface area contributed by atoms with Gasteiger partial charge in [-0.25, -0.2) is 4.39 Å². The van der Waals surface area contributed by atoms with Gasteiger partial charge in [0, 0.05) is 11.4 Å². The lowest BCUT2D eigenvalue weighted by Crippen LogP contribution is -2.43. The number of aryl methyl sites for hydroxylation is 1. The van der Waals surface area contributed by atoms with E-state index in [9.17, 15) is 9.18 Å². The number of nitrogens with one attached hydrogen (secondary N) is 1. The molecule has 25 heavy (non-hydrogen) atoms. The quantitative estimate of drug-likeness (QED) is 0.723. The Hall–Kier alpha value is -3.14. The molecule has 4 rings (SSSR count). The Morgan fingerprint density at radius 3 is 2.32 bits per heavy atom. The topological polar surface area (TPSA) is 32.3 Å². The van der Waals surface area contributed by atoms with E-state index in [4.69, 9.17) is 0 Å². The number of hydrogen-bond donors (Lipinski definition) is 1. The molecule has 3 aromatic carbocycles. The van der Waals surface area contributed by atoms with Crippen LogP contribution in [0.15, 0.2) is 72.8 Å². The normalized spacial score (nSPS) is 16.3. The number of hydrogen-bond acceptors (Lipinski definition) is 2. The van der Waals surface area contributed by atoms with Crippen molar-refractivity contribution >= 4 is 17.3 Å². The van der Waals surface area contributed by atoms with Gasteiger partial charge in [0.1, 0.15) is 12.0 Å². The van der Waals surface area contributed by atoms with Crippen LogP contribution in [0.25, 0.3) is 0 Å². The summed E-state index contributed by atoms with van der Waals surface area (Å²) >= 11 is 0. The van der Waals surface area contributed by atoms with Crippen molar-refractivity contribution in [3.05, 3.63) is 95.3 Å². The zero-order chi connectivity index (χ0) is 17.4. The summed E-state index contributed by atoms with van der Waals surface area (Å²) in [5.74, 6) is -0.431. The van der Waals surface area contributed by atoms with E-state index < -0.39 is 0 Å². The van der Waals surface area contributed by atoms with E-state index in [2.05, 4.69) is 5.32 Å². The summed E-state index contributed by atoms with van der Waals surface area (Å²) < 4.78 is 13.3. The molecule has 124 valence electrons. The largest absolute Gasteiger partial charge is 0.360 e. The Kier molecular flexibility index (Phi) is 3.73. The van der Waals surface area contributed by atoms with Crippen LogP contribution in [-0.2, 0) is 0 Å². The molecule has 0 saturated heterocycles. The third-order valence-electron chi connectivity index (χ3n) is 4.42. The lowest BCUT2D eigenvalue weighted by Gasteiger charge is -2.38. The zero-order valence-electron chi connectivity index (χ0n) is 13.7. The minimum atomic E-state index is -0.353. The first-order chi connectivity index (χ1) is 12.1. The fourth-order valence-corrected chi connectivity index (χ4v) is 3.10. The van der Waals surface area contributed by atoms with E-state index in [1.54, 1.807) is 23.1 Å². The predicted molar refractivity (Wildman–Crippen MR) is 97.2 cm³/mol. The van der Waals surface area contributed by atoms with Gasteiger partial charge in [-0.2, -0.15) is 0 Å². The summed E-state index contributed by atoms with van der Waals surface area (Å²) in [6.45, 7) is 2.02. The SMILES string of the molecule is Cc1ccc([C@@H]2Nc3ccccc3C(=O)N2c2ccc(F)cc2)cc1. The fourth-order valence-electron chi connectivity index (χ4n) is 3.10. The van der Waals surface area contributed by atoms with Crippen LogP contribution in [0, 0.1) is 12.7 Å². The van der Waals surface area contributed by atoms with Crippen molar-refractivity contribution in [2.45, 2.75) is 13.1 Å². The summed E-state index contributed by atoms with van der Waals surface area (Å²) in [5, 5.41) is 3.44. The molecule has 1 amide bonds. The van der Waals surface area contributed by atoms with Crippen LogP contribution < -0.4 is 10.2 Å². The number of fused-ring (bicyclic) bond motifs is 1. The molecule has 4 heteroatoms. The highest BCUT2D eigenvalue weighted by Gasteiger charge is 2.33.